The summed E-state index contributed by atoms with van der Waals surface area (Å²) in [6.07, 6.45) is 1.31. The molecule has 0 aromatic carbocycles. The molecule has 12 nitrogen and oxygen atoms in total. The van der Waals surface area contributed by atoms with Crippen molar-refractivity contribution in [3.8, 4) is 0 Å². The molecule has 5 rings (SSSR count). The zero-order chi connectivity index (χ0) is 27.7. The lowest BCUT2D eigenvalue weighted by Gasteiger charge is -2.40. The summed E-state index contributed by atoms with van der Waals surface area (Å²) in [7, 11) is 1.62. The second-order valence-corrected chi connectivity index (χ2v) is 11.1. The van der Waals surface area contributed by atoms with E-state index in [4.69, 9.17) is 5.73 Å². The number of carbonyl (C=O) groups is 2. The lowest BCUT2D eigenvalue weighted by Crippen LogP contribution is -2.62. The number of amides is 2. The Balaban J connectivity index is 1.27. The minimum Gasteiger partial charge on any atom is -0.367 e. The minimum atomic E-state index is -1.41. The van der Waals surface area contributed by atoms with Crippen molar-refractivity contribution in [3.05, 3.63) is 23.1 Å². The van der Waals surface area contributed by atoms with E-state index in [0.29, 0.717) is 25.9 Å². The summed E-state index contributed by atoms with van der Waals surface area (Å²) in [5.74, 6) is -2.36. The Bertz CT molecular complexity index is 1070. The van der Waals surface area contributed by atoms with E-state index in [1.54, 1.807) is 11.9 Å². The second-order valence-electron chi connectivity index (χ2n) is 11.1. The van der Waals surface area contributed by atoms with Crippen LogP contribution in [-0.2, 0) is 9.59 Å². The van der Waals surface area contributed by atoms with E-state index in [0.717, 1.165) is 38.8 Å². The number of aromatic nitrogens is 1. The molecule has 1 aromatic heterocycles. The van der Waals surface area contributed by atoms with Crippen LogP contribution in [0.25, 0.3) is 0 Å². The molecule has 1 aromatic rings. The first-order chi connectivity index (χ1) is 18.8. The van der Waals surface area contributed by atoms with E-state index in [9.17, 15) is 18.9 Å². The van der Waals surface area contributed by atoms with Gasteiger partial charge in [-0.15, -0.1) is 4.91 Å². The molecule has 5 unspecified atom stereocenters. The van der Waals surface area contributed by atoms with Crippen molar-refractivity contribution in [3.63, 3.8) is 0 Å². The summed E-state index contributed by atoms with van der Waals surface area (Å²) in [6.45, 7) is 4.60. The first-order valence-electron chi connectivity index (χ1n) is 13.6. The summed E-state index contributed by atoms with van der Waals surface area (Å²) in [5, 5.41) is 8.46. The van der Waals surface area contributed by atoms with Gasteiger partial charge in [-0.1, -0.05) is 5.18 Å². The van der Waals surface area contributed by atoms with Crippen LogP contribution in [0.4, 0.5) is 20.2 Å². The molecule has 4 saturated heterocycles. The number of pyridine rings is 1. The molecule has 214 valence electrons. The number of hydrogen-bond acceptors (Lipinski definition) is 10. The maximum atomic E-state index is 15.1. The third-order valence-corrected chi connectivity index (χ3v) is 8.56. The van der Waals surface area contributed by atoms with Gasteiger partial charge in [0.25, 0.3) is 0 Å². The van der Waals surface area contributed by atoms with Gasteiger partial charge in [-0.05, 0) is 26.3 Å². The molecule has 0 saturated carbocycles. The van der Waals surface area contributed by atoms with E-state index in [-0.39, 0.29) is 42.3 Å². The Hall–Kier alpha value is -2.81. The number of nitrogens with one attached hydrogen (secondary N) is 2. The largest absolute Gasteiger partial charge is 0.367 e. The minimum absolute atomic E-state index is 0.00122. The monoisotopic (exact) mass is 549 g/mol. The lowest BCUT2D eigenvalue weighted by atomic mass is 9.93. The van der Waals surface area contributed by atoms with Gasteiger partial charge in [0.1, 0.15) is 17.8 Å². The first kappa shape index (κ1) is 27.7. The number of nitrogens with zero attached hydrogens (tertiary/aromatic N) is 6. The van der Waals surface area contributed by atoms with Gasteiger partial charge in [0.2, 0.25) is 11.8 Å². The average Bonchev–Trinajstić information content (AvgIpc) is 3.30. The SMILES string of the molecule is CN1CC(F)CNC1C(C(=O)Nc1cncc(F)c1N1CCC(C(=O)N2CCN3CC[C@H]2C3)CC1)C(N)N=O. The number of nitrogens with two attached hydrogens (primary N) is 1. The third-order valence-electron chi connectivity index (χ3n) is 8.56. The fourth-order valence-electron chi connectivity index (χ4n) is 6.48. The molecule has 0 radical (unpaired) electrons. The van der Waals surface area contributed by atoms with Gasteiger partial charge in [-0.2, -0.15) is 0 Å². The van der Waals surface area contributed by atoms with Crippen molar-refractivity contribution < 1.29 is 18.4 Å². The Kier molecular flexibility index (Phi) is 8.35. The number of nitroso groups, excluding NO2 is 1. The Labute approximate surface area is 226 Å². The molecule has 4 N–H and O–H groups in total. The number of carbonyl (C=O) groups excluding carboxylic acids is 2. The highest BCUT2D eigenvalue weighted by Crippen LogP contribution is 2.34. The van der Waals surface area contributed by atoms with Crippen LogP contribution in [0.5, 0.6) is 0 Å². The molecule has 6 atom stereocenters. The Morgan fingerprint density at radius 1 is 1.15 bits per heavy atom. The van der Waals surface area contributed by atoms with Crippen LogP contribution in [-0.4, -0.2) is 115 Å². The maximum absolute atomic E-state index is 15.1. The van der Waals surface area contributed by atoms with Crippen molar-refractivity contribution in [2.75, 3.05) is 69.6 Å². The van der Waals surface area contributed by atoms with Crippen LogP contribution in [0.1, 0.15) is 19.3 Å². The molecule has 4 fully saturated rings. The normalized spacial score (nSPS) is 29.6. The van der Waals surface area contributed by atoms with Crippen LogP contribution in [0.2, 0.25) is 0 Å². The highest BCUT2D eigenvalue weighted by Gasteiger charge is 2.41. The fourth-order valence-corrected chi connectivity index (χ4v) is 6.48. The summed E-state index contributed by atoms with van der Waals surface area (Å²) >= 11 is 0. The van der Waals surface area contributed by atoms with Crippen LogP contribution >= 0.6 is 0 Å². The van der Waals surface area contributed by atoms with Crippen molar-refractivity contribution >= 4 is 23.2 Å². The summed E-state index contributed by atoms with van der Waals surface area (Å²) in [4.78, 5) is 49.7. The van der Waals surface area contributed by atoms with Gasteiger partial charge >= 0.3 is 0 Å². The van der Waals surface area contributed by atoms with E-state index in [2.05, 4.69) is 25.7 Å². The van der Waals surface area contributed by atoms with Gasteiger partial charge < -0.3 is 20.9 Å². The molecular formula is C25H37F2N9O3. The first-order valence-corrected chi connectivity index (χ1v) is 13.6. The van der Waals surface area contributed by atoms with Crippen molar-refractivity contribution in [2.24, 2.45) is 22.7 Å². The number of anilines is 2. The van der Waals surface area contributed by atoms with Crippen molar-refractivity contribution in [2.45, 2.75) is 43.8 Å². The van der Waals surface area contributed by atoms with Gasteiger partial charge in [0, 0.05) is 64.3 Å². The number of piperazine rings is 1. The van der Waals surface area contributed by atoms with E-state index in [1.807, 2.05) is 9.80 Å². The zero-order valence-corrected chi connectivity index (χ0v) is 22.1. The smallest absolute Gasteiger partial charge is 0.234 e. The molecule has 5 heterocycles. The zero-order valence-electron chi connectivity index (χ0n) is 22.1. The lowest BCUT2D eigenvalue weighted by molar-refractivity contribution is -0.139. The van der Waals surface area contributed by atoms with Crippen molar-refractivity contribution in [1.29, 1.82) is 0 Å². The van der Waals surface area contributed by atoms with Gasteiger partial charge in [0.05, 0.1) is 24.2 Å². The van der Waals surface area contributed by atoms with Gasteiger partial charge in [0.15, 0.2) is 12.0 Å². The van der Waals surface area contributed by atoms with E-state index < -0.39 is 36.1 Å². The van der Waals surface area contributed by atoms with Gasteiger partial charge in [-0.3, -0.25) is 29.7 Å². The fraction of sp³-hybridized carbons (Fsp3) is 0.720. The second kappa shape index (κ2) is 11.7. The number of fused-ring (bicyclic) bond motifs is 2. The quantitative estimate of drug-likeness (QED) is 0.406. The topological polar surface area (TPSA) is 140 Å². The standard InChI is InChI=1S/C25H37F2N9O3/c1-33-13-16(26)10-30-23(33)20(22(28)32-39)24(37)31-19-12-29-11-18(27)21(19)35-6-2-15(3-7-35)25(38)36-9-8-34-5-4-17(36)14-34/h11-12,15-17,20,22-23,30H,2-10,13-14,28H2,1H3,(H,31,37)/t16?,17-,20?,22?,23?/m0/s1. The third kappa shape index (κ3) is 5.74. The van der Waals surface area contributed by atoms with Crippen LogP contribution in [0.15, 0.2) is 17.6 Å². The Morgan fingerprint density at radius 3 is 2.64 bits per heavy atom. The molecule has 2 bridgehead atoms. The summed E-state index contributed by atoms with van der Waals surface area (Å²) in [6, 6.07) is 0.289. The number of alkyl halides is 1. The molecule has 0 aliphatic carbocycles. The van der Waals surface area contributed by atoms with Crippen LogP contribution < -0.4 is 21.3 Å². The molecule has 4 aliphatic heterocycles. The predicted molar refractivity (Wildman–Crippen MR) is 141 cm³/mol. The highest BCUT2D eigenvalue weighted by molar-refractivity contribution is 5.96. The van der Waals surface area contributed by atoms with Gasteiger partial charge in [-0.25, -0.2) is 8.78 Å². The number of piperidine rings is 1. The molecule has 2 amide bonds. The molecule has 39 heavy (non-hydrogen) atoms. The number of rotatable bonds is 7. The average molecular weight is 550 g/mol. The molecule has 0 spiro atoms. The molecule has 14 heteroatoms. The van der Waals surface area contributed by atoms with E-state index >= 15 is 4.39 Å². The van der Waals surface area contributed by atoms with Crippen LogP contribution in [0.3, 0.4) is 0 Å². The van der Waals surface area contributed by atoms with Crippen molar-refractivity contribution in [1.82, 2.24) is 25.0 Å². The number of hydrogen-bond donors (Lipinski definition) is 3. The summed E-state index contributed by atoms with van der Waals surface area (Å²) in [5.41, 5.74) is 6.21. The predicted octanol–water partition coefficient (Wildman–Crippen LogP) is 0.159. The number of halogens is 2. The highest BCUT2D eigenvalue weighted by atomic mass is 19.1. The van der Waals surface area contributed by atoms with E-state index in [1.165, 1.54) is 6.20 Å². The maximum Gasteiger partial charge on any atom is 0.234 e. The summed E-state index contributed by atoms with van der Waals surface area (Å²) < 4.78 is 29.0. The Morgan fingerprint density at radius 2 is 1.92 bits per heavy atom. The molecular weight excluding hydrogens is 512 g/mol. The van der Waals surface area contributed by atoms with Crippen LogP contribution in [0, 0.1) is 22.6 Å². The molecule has 4 aliphatic rings.